The van der Waals surface area contributed by atoms with Gasteiger partial charge >= 0.3 is 0 Å². The Kier molecular flexibility index (Phi) is 4.85. The molecule has 2 heterocycles. The second-order valence-corrected chi connectivity index (χ2v) is 6.57. The van der Waals surface area contributed by atoms with Crippen molar-refractivity contribution >= 4 is 17.5 Å². The Morgan fingerprint density at radius 2 is 1.79 bits per heavy atom. The average molecular weight is 375 g/mol. The molecule has 1 atom stereocenters. The first kappa shape index (κ1) is 17.9. The summed E-state index contributed by atoms with van der Waals surface area (Å²) in [6.45, 7) is 0.292. The van der Waals surface area contributed by atoms with E-state index in [1.165, 1.54) is 12.1 Å². The van der Waals surface area contributed by atoms with Crippen LogP contribution in [-0.2, 0) is 11.3 Å². The van der Waals surface area contributed by atoms with Gasteiger partial charge in [0, 0.05) is 18.4 Å². The normalized spacial score (nSPS) is 15.4. The first-order valence-electron chi connectivity index (χ1n) is 8.98. The van der Waals surface area contributed by atoms with Crippen molar-refractivity contribution in [2.75, 3.05) is 4.90 Å². The van der Waals surface area contributed by atoms with Crippen LogP contribution in [0.2, 0.25) is 0 Å². The Morgan fingerprint density at radius 3 is 2.54 bits per heavy atom. The standard InChI is InChI=1S/C22H18FN3O2/c23-16-10-8-15(9-11-16)14-25-20(27)13-19-21-18(7-4-12-24-21)22(28)26(19)17-5-2-1-3-6-17/h1-12,19H,13-14H2,(H,25,27)/t19-/m1/s1. The lowest BCUT2D eigenvalue weighted by Crippen LogP contribution is -2.32. The summed E-state index contributed by atoms with van der Waals surface area (Å²) in [5.41, 5.74) is 2.65. The highest BCUT2D eigenvalue weighted by molar-refractivity contribution is 6.11. The molecule has 1 N–H and O–H groups in total. The Hall–Kier alpha value is -3.54. The molecule has 5 nitrogen and oxygen atoms in total. The third-order valence-corrected chi connectivity index (χ3v) is 4.73. The maximum Gasteiger partial charge on any atom is 0.260 e. The first-order chi connectivity index (χ1) is 13.6. The molecule has 0 saturated carbocycles. The number of nitrogens with zero attached hydrogens (tertiary/aromatic N) is 2. The van der Waals surface area contributed by atoms with Crippen LogP contribution < -0.4 is 10.2 Å². The number of amides is 2. The van der Waals surface area contributed by atoms with E-state index in [0.717, 1.165) is 11.3 Å². The predicted molar refractivity (Wildman–Crippen MR) is 103 cm³/mol. The van der Waals surface area contributed by atoms with E-state index in [-0.39, 0.29) is 24.1 Å². The zero-order chi connectivity index (χ0) is 19.5. The molecule has 0 unspecified atom stereocenters. The van der Waals surface area contributed by atoms with Gasteiger partial charge in [-0.1, -0.05) is 30.3 Å². The van der Waals surface area contributed by atoms with Gasteiger partial charge in [0.25, 0.3) is 5.91 Å². The second-order valence-electron chi connectivity index (χ2n) is 6.57. The fourth-order valence-electron chi connectivity index (χ4n) is 3.38. The van der Waals surface area contributed by atoms with Crippen LogP contribution in [0.15, 0.2) is 72.9 Å². The third kappa shape index (κ3) is 3.49. The molecule has 3 aromatic rings. The smallest absolute Gasteiger partial charge is 0.260 e. The van der Waals surface area contributed by atoms with E-state index in [2.05, 4.69) is 10.3 Å². The molecule has 4 rings (SSSR count). The molecule has 140 valence electrons. The van der Waals surface area contributed by atoms with Gasteiger partial charge in [-0.05, 0) is 42.0 Å². The quantitative estimate of drug-likeness (QED) is 0.741. The predicted octanol–water partition coefficient (Wildman–Crippen LogP) is 3.63. The zero-order valence-electron chi connectivity index (χ0n) is 15.0. The highest BCUT2D eigenvalue weighted by Crippen LogP contribution is 2.38. The molecule has 2 amide bonds. The maximum atomic E-state index is 13.0. The van der Waals surface area contributed by atoms with Gasteiger partial charge < -0.3 is 5.32 Å². The summed E-state index contributed by atoms with van der Waals surface area (Å²) in [5.74, 6) is -0.687. The largest absolute Gasteiger partial charge is 0.352 e. The number of hydrogen-bond acceptors (Lipinski definition) is 3. The first-order valence-corrected chi connectivity index (χ1v) is 8.98. The molecule has 0 fully saturated rings. The lowest BCUT2D eigenvalue weighted by atomic mass is 10.1. The Bertz CT molecular complexity index is 1010. The Morgan fingerprint density at radius 1 is 1.04 bits per heavy atom. The van der Waals surface area contributed by atoms with Gasteiger partial charge in [0.1, 0.15) is 5.82 Å². The molecule has 0 radical (unpaired) electrons. The van der Waals surface area contributed by atoms with Crippen molar-refractivity contribution in [1.82, 2.24) is 10.3 Å². The molecule has 0 saturated heterocycles. The SMILES string of the molecule is O=C(C[C@@H]1c2ncccc2C(=O)N1c1ccccc1)NCc1ccc(F)cc1. The number of para-hydroxylation sites is 1. The van der Waals surface area contributed by atoms with Crippen LogP contribution in [0.25, 0.3) is 0 Å². The maximum absolute atomic E-state index is 13.0. The summed E-state index contributed by atoms with van der Waals surface area (Å²) in [6, 6.07) is 18.2. The van der Waals surface area contributed by atoms with Gasteiger partial charge in [-0.3, -0.25) is 19.5 Å². The van der Waals surface area contributed by atoms with Gasteiger partial charge in [-0.25, -0.2) is 4.39 Å². The fourth-order valence-corrected chi connectivity index (χ4v) is 3.38. The van der Waals surface area contributed by atoms with Crippen LogP contribution >= 0.6 is 0 Å². The summed E-state index contributed by atoms with van der Waals surface area (Å²) < 4.78 is 13.0. The third-order valence-electron chi connectivity index (χ3n) is 4.73. The zero-order valence-corrected chi connectivity index (χ0v) is 15.0. The van der Waals surface area contributed by atoms with Crippen molar-refractivity contribution in [1.29, 1.82) is 0 Å². The van der Waals surface area contributed by atoms with Crippen molar-refractivity contribution in [3.05, 3.63) is 95.6 Å². The number of hydrogen-bond donors (Lipinski definition) is 1. The van der Waals surface area contributed by atoms with Crippen molar-refractivity contribution in [3.8, 4) is 0 Å². The highest BCUT2D eigenvalue weighted by atomic mass is 19.1. The van der Waals surface area contributed by atoms with Gasteiger partial charge in [0.2, 0.25) is 5.91 Å². The molecule has 2 aromatic carbocycles. The molecule has 28 heavy (non-hydrogen) atoms. The van der Waals surface area contributed by atoms with Crippen molar-refractivity contribution in [2.45, 2.75) is 19.0 Å². The molecule has 1 aliphatic rings. The highest BCUT2D eigenvalue weighted by Gasteiger charge is 2.39. The average Bonchev–Trinajstić information content (AvgIpc) is 3.00. The minimum atomic E-state index is -0.473. The number of halogens is 1. The van der Waals surface area contributed by atoms with Gasteiger partial charge in [0.05, 0.1) is 23.7 Å². The van der Waals surface area contributed by atoms with E-state index in [1.807, 2.05) is 30.3 Å². The number of carbonyl (C=O) groups is 2. The lowest BCUT2D eigenvalue weighted by Gasteiger charge is -2.24. The van der Waals surface area contributed by atoms with Crippen LogP contribution in [-0.4, -0.2) is 16.8 Å². The monoisotopic (exact) mass is 375 g/mol. The summed E-state index contributed by atoms with van der Waals surface area (Å²) in [6.07, 6.45) is 1.72. The molecule has 0 spiro atoms. The number of pyridine rings is 1. The Labute approximate surface area is 161 Å². The Balaban J connectivity index is 1.54. The second kappa shape index (κ2) is 7.60. The molecule has 1 aromatic heterocycles. The summed E-state index contributed by atoms with van der Waals surface area (Å²) in [7, 11) is 0. The molecule has 0 bridgehead atoms. The number of nitrogens with one attached hydrogen (secondary N) is 1. The molecule has 0 aliphatic carbocycles. The van der Waals surface area contributed by atoms with Crippen molar-refractivity contribution < 1.29 is 14.0 Å². The van der Waals surface area contributed by atoms with E-state index in [1.54, 1.807) is 35.4 Å². The summed E-state index contributed by atoms with van der Waals surface area (Å²) in [5, 5.41) is 2.84. The number of aromatic nitrogens is 1. The van der Waals surface area contributed by atoms with Gasteiger partial charge in [-0.2, -0.15) is 0 Å². The van der Waals surface area contributed by atoms with Crippen LogP contribution in [0.3, 0.4) is 0 Å². The van der Waals surface area contributed by atoms with Crippen LogP contribution in [0.5, 0.6) is 0 Å². The van der Waals surface area contributed by atoms with E-state index < -0.39 is 6.04 Å². The van der Waals surface area contributed by atoms with E-state index in [0.29, 0.717) is 17.8 Å². The number of benzene rings is 2. The molecular formula is C22H18FN3O2. The van der Waals surface area contributed by atoms with Crippen molar-refractivity contribution in [3.63, 3.8) is 0 Å². The number of rotatable bonds is 5. The van der Waals surface area contributed by atoms with Gasteiger partial charge in [-0.15, -0.1) is 0 Å². The number of fused-ring (bicyclic) bond motifs is 1. The lowest BCUT2D eigenvalue weighted by molar-refractivity contribution is -0.121. The van der Waals surface area contributed by atoms with E-state index in [4.69, 9.17) is 0 Å². The summed E-state index contributed by atoms with van der Waals surface area (Å²) in [4.78, 5) is 31.5. The molecular weight excluding hydrogens is 357 g/mol. The van der Waals surface area contributed by atoms with Crippen molar-refractivity contribution in [2.24, 2.45) is 0 Å². The van der Waals surface area contributed by atoms with E-state index in [9.17, 15) is 14.0 Å². The van der Waals surface area contributed by atoms with Gasteiger partial charge in [0.15, 0.2) is 0 Å². The minimum Gasteiger partial charge on any atom is -0.352 e. The summed E-state index contributed by atoms with van der Waals surface area (Å²) >= 11 is 0. The number of anilines is 1. The fraction of sp³-hybridized carbons (Fsp3) is 0.136. The minimum absolute atomic E-state index is 0.0891. The molecule has 1 aliphatic heterocycles. The van der Waals surface area contributed by atoms with E-state index >= 15 is 0 Å². The molecule has 6 heteroatoms. The van der Waals surface area contributed by atoms with Crippen LogP contribution in [0.4, 0.5) is 10.1 Å². The number of carbonyl (C=O) groups excluding carboxylic acids is 2. The van der Waals surface area contributed by atoms with Crippen LogP contribution in [0.1, 0.15) is 34.1 Å². The van der Waals surface area contributed by atoms with Crippen LogP contribution in [0, 0.1) is 5.82 Å². The topological polar surface area (TPSA) is 62.3 Å².